The first kappa shape index (κ1) is 14.8. The van der Waals surface area contributed by atoms with E-state index in [2.05, 4.69) is 15.1 Å². The molecule has 0 aromatic carbocycles. The van der Waals surface area contributed by atoms with Crippen molar-refractivity contribution in [3.05, 3.63) is 36.7 Å². The maximum absolute atomic E-state index is 12.7. The van der Waals surface area contributed by atoms with Crippen LogP contribution in [0.25, 0.3) is 0 Å². The fourth-order valence-electron chi connectivity index (χ4n) is 3.74. The maximum Gasteiger partial charge on any atom is 0.274 e. The third-order valence-electron chi connectivity index (χ3n) is 4.78. The monoisotopic (exact) mass is 326 g/mol. The molecule has 2 aliphatic heterocycles. The number of piperidine rings is 1. The van der Waals surface area contributed by atoms with E-state index in [1.54, 1.807) is 17.1 Å². The Balaban J connectivity index is 1.61. The molecule has 2 fully saturated rings. The summed E-state index contributed by atoms with van der Waals surface area (Å²) in [6.07, 6.45) is 9.98. The predicted molar refractivity (Wildman–Crippen MR) is 85.2 cm³/mol. The van der Waals surface area contributed by atoms with Crippen LogP contribution < -0.4 is 4.90 Å². The van der Waals surface area contributed by atoms with E-state index in [9.17, 15) is 9.59 Å². The summed E-state index contributed by atoms with van der Waals surface area (Å²) >= 11 is 0. The van der Waals surface area contributed by atoms with Crippen LogP contribution in [0, 0.1) is 0 Å². The molecule has 0 radical (unpaired) electrons. The molecule has 0 unspecified atom stereocenters. The number of hydrogen-bond acceptors (Lipinski definition) is 5. The summed E-state index contributed by atoms with van der Waals surface area (Å²) in [7, 11) is 1.83. The van der Waals surface area contributed by atoms with E-state index in [1.165, 1.54) is 12.4 Å². The highest BCUT2D eigenvalue weighted by atomic mass is 16.2. The smallest absolute Gasteiger partial charge is 0.274 e. The SMILES string of the molecule is Cn1cc(N2C(=O)CC[C@@H]3[C@H]2CCN3C(=O)c2cnccn2)cn1. The Morgan fingerprint density at radius 2 is 2.08 bits per heavy atom. The molecular weight excluding hydrogens is 308 g/mol. The Bertz CT molecular complexity index is 774. The van der Waals surface area contributed by atoms with E-state index in [0.29, 0.717) is 25.1 Å². The van der Waals surface area contributed by atoms with E-state index in [0.717, 1.165) is 12.1 Å². The fourth-order valence-corrected chi connectivity index (χ4v) is 3.74. The largest absolute Gasteiger partial charge is 0.332 e. The van der Waals surface area contributed by atoms with E-state index in [1.807, 2.05) is 23.0 Å². The minimum absolute atomic E-state index is 0.00364. The summed E-state index contributed by atoms with van der Waals surface area (Å²) in [5, 5.41) is 4.17. The number of carbonyl (C=O) groups is 2. The van der Waals surface area contributed by atoms with Gasteiger partial charge in [0, 0.05) is 38.6 Å². The number of aromatic nitrogens is 4. The van der Waals surface area contributed by atoms with Crippen molar-refractivity contribution >= 4 is 17.5 Å². The van der Waals surface area contributed by atoms with Crippen LogP contribution in [0.4, 0.5) is 5.69 Å². The minimum atomic E-state index is -0.115. The van der Waals surface area contributed by atoms with Crippen molar-refractivity contribution in [3.63, 3.8) is 0 Å². The van der Waals surface area contributed by atoms with Gasteiger partial charge in [0.05, 0.1) is 30.2 Å². The van der Waals surface area contributed by atoms with Crippen LogP contribution in [-0.4, -0.2) is 55.1 Å². The lowest BCUT2D eigenvalue weighted by Gasteiger charge is -2.38. The molecule has 4 rings (SSSR count). The average molecular weight is 326 g/mol. The molecule has 2 atom stereocenters. The van der Waals surface area contributed by atoms with Crippen molar-refractivity contribution in [1.29, 1.82) is 0 Å². The Hall–Kier alpha value is -2.77. The van der Waals surface area contributed by atoms with Gasteiger partial charge in [0.2, 0.25) is 5.91 Å². The van der Waals surface area contributed by atoms with Gasteiger partial charge in [-0.2, -0.15) is 5.10 Å². The van der Waals surface area contributed by atoms with Gasteiger partial charge in [-0.25, -0.2) is 4.98 Å². The third-order valence-corrected chi connectivity index (χ3v) is 4.78. The second-order valence-electron chi connectivity index (χ2n) is 6.19. The molecule has 0 spiro atoms. The Morgan fingerprint density at radius 3 is 2.79 bits per heavy atom. The van der Waals surface area contributed by atoms with Gasteiger partial charge in [0.1, 0.15) is 5.69 Å². The molecule has 4 heterocycles. The number of fused-ring (bicyclic) bond motifs is 1. The Kier molecular flexibility index (Phi) is 3.51. The quantitative estimate of drug-likeness (QED) is 0.808. The summed E-state index contributed by atoms with van der Waals surface area (Å²) in [5.41, 5.74) is 1.15. The highest BCUT2D eigenvalue weighted by Gasteiger charge is 2.46. The summed E-state index contributed by atoms with van der Waals surface area (Å²) < 4.78 is 1.68. The van der Waals surface area contributed by atoms with Crippen LogP contribution in [0.15, 0.2) is 31.0 Å². The van der Waals surface area contributed by atoms with Crippen LogP contribution in [-0.2, 0) is 11.8 Å². The topological polar surface area (TPSA) is 84.2 Å². The number of aryl methyl sites for hydroxylation is 1. The molecule has 0 bridgehead atoms. The van der Waals surface area contributed by atoms with Crippen LogP contribution >= 0.6 is 0 Å². The molecular formula is C16H18N6O2. The van der Waals surface area contributed by atoms with E-state index in [-0.39, 0.29) is 23.9 Å². The number of rotatable bonds is 2. The van der Waals surface area contributed by atoms with Crippen molar-refractivity contribution in [3.8, 4) is 0 Å². The number of hydrogen-bond donors (Lipinski definition) is 0. The van der Waals surface area contributed by atoms with Gasteiger partial charge in [-0.05, 0) is 12.8 Å². The van der Waals surface area contributed by atoms with Gasteiger partial charge in [0.25, 0.3) is 5.91 Å². The lowest BCUT2D eigenvalue weighted by molar-refractivity contribution is -0.120. The molecule has 8 nitrogen and oxygen atoms in total. The molecule has 0 saturated carbocycles. The van der Waals surface area contributed by atoms with Gasteiger partial charge >= 0.3 is 0 Å². The standard InChI is InChI=1S/C16H18N6O2/c1-20-10-11(8-19-20)22-14-4-7-21(13(14)2-3-15(22)23)16(24)12-9-17-5-6-18-12/h5-6,8-10,13-14H,2-4,7H2,1H3/t13-,14-/m1/s1. The maximum atomic E-state index is 12.7. The lowest BCUT2D eigenvalue weighted by Crippen LogP contribution is -2.53. The Labute approximate surface area is 139 Å². The Morgan fingerprint density at radius 1 is 1.21 bits per heavy atom. The zero-order valence-corrected chi connectivity index (χ0v) is 13.4. The van der Waals surface area contributed by atoms with Gasteiger partial charge in [-0.3, -0.25) is 19.3 Å². The molecule has 2 aromatic heterocycles. The zero-order chi connectivity index (χ0) is 16.7. The van der Waals surface area contributed by atoms with E-state index in [4.69, 9.17) is 0 Å². The molecule has 0 N–H and O–H groups in total. The molecule has 8 heteroatoms. The van der Waals surface area contributed by atoms with Crippen LogP contribution in [0.1, 0.15) is 29.8 Å². The first-order valence-corrected chi connectivity index (χ1v) is 8.03. The van der Waals surface area contributed by atoms with E-state index < -0.39 is 0 Å². The number of likely N-dealkylation sites (tertiary alicyclic amines) is 1. The second kappa shape index (κ2) is 5.70. The van der Waals surface area contributed by atoms with Crippen LogP contribution in [0.2, 0.25) is 0 Å². The molecule has 24 heavy (non-hydrogen) atoms. The molecule has 0 aliphatic carbocycles. The van der Waals surface area contributed by atoms with Crippen molar-refractivity contribution in [2.75, 3.05) is 11.4 Å². The van der Waals surface area contributed by atoms with Gasteiger partial charge in [0.15, 0.2) is 0 Å². The molecule has 124 valence electrons. The summed E-state index contributed by atoms with van der Waals surface area (Å²) in [5.74, 6) is -0.0193. The van der Waals surface area contributed by atoms with E-state index >= 15 is 0 Å². The van der Waals surface area contributed by atoms with Crippen molar-refractivity contribution in [1.82, 2.24) is 24.6 Å². The number of nitrogens with zero attached hydrogens (tertiary/aromatic N) is 6. The van der Waals surface area contributed by atoms with Crippen molar-refractivity contribution in [2.45, 2.75) is 31.3 Å². The van der Waals surface area contributed by atoms with Crippen LogP contribution in [0.5, 0.6) is 0 Å². The average Bonchev–Trinajstić information content (AvgIpc) is 3.21. The van der Waals surface area contributed by atoms with Gasteiger partial charge in [-0.15, -0.1) is 0 Å². The zero-order valence-electron chi connectivity index (χ0n) is 13.4. The minimum Gasteiger partial charge on any atom is -0.332 e. The fraction of sp³-hybridized carbons (Fsp3) is 0.438. The normalized spacial score (nSPS) is 23.5. The van der Waals surface area contributed by atoms with Gasteiger partial charge in [-0.1, -0.05) is 0 Å². The summed E-state index contributed by atoms with van der Waals surface area (Å²) in [6.45, 7) is 0.620. The number of anilines is 1. The van der Waals surface area contributed by atoms with Crippen molar-refractivity contribution < 1.29 is 9.59 Å². The molecule has 2 amide bonds. The first-order valence-electron chi connectivity index (χ1n) is 8.03. The molecule has 2 aliphatic rings. The number of carbonyl (C=O) groups excluding carboxylic acids is 2. The molecule has 2 aromatic rings. The molecule has 2 saturated heterocycles. The van der Waals surface area contributed by atoms with Crippen LogP contribution in [0.3, 0.4) is 0 Å². The summed E-state index contributed by atoms with van der Waals surface area (Å²) in [4.78, 5) is 36.9. The van der Waals surface area contributed by atoms with Gasteiger partial charge < -0.3 is 9.80 Å². The first-order chi connectivity index (χ1) is 11.6. The lowest BCUT2D eigenvalue weighted by atomic mass is 9.96. The summed E-state index contributed by atoms with van der Waals surface area (Å²) in [6, 6.07) is 0.00786. The van der Waals surface area contributed by atoms with Crippen molar-refractivity contribution in [2.24, 2.45) is 7.05 Å². The predicted octanol–water partition coefficient (Wildman–Crippen LogP) is 0.620. The highest BCUT2D eigenvalue weighted by Crippen LogP contribution is 2.35. The number of amides is 2. The highest BCUT2D eigenvalue weighted by molar-refractivity contribution is 5.96. The second-order valence-corrected chi connectivity index (χ2v) is 6.19. The third kappa shape index (κ3) is 2.34.